The van der Waals surface area contributed by atoms with Gasteiger partial charge in [-0.05, 0) is 60.6 Å². The standard InChI is InChI=1S/C24H24FNO6S/c1-14(2)23(26-33(29,30)21-9-4-3-8-19(21)25)24(28)31-13-17-12-22(27)32-20-11-16-7-5-6-15(16)10-18(17)20/h3-4,8-12,14,23,26H,5-7,13H2,1-2H3. The molecule has 0 saturated carbocycles. The Labute approximate surface area is 190 Å². The number of nitrogens with one attached hydrogen (secondary N) is 1. The van der Waals surface area contributed by atoms with Gasteiger partial charge in [0, 0.05) is 17.0 Å². The molecule has 1 atom stereocenters. The normalized spacial score (nSPS) is 14.4. The summed E-state index contributed by atoms with van der Waals surface area (Å²) >= 11 is 0. The molecule has 0 aliphatic heterocycles. The third-order valence-electron chi connectivity index (χ3n) is 5.74. The first-order valence-electron chi connectivity index (χ1n) is 10.7. The number of fused-ring (bicyclic) bond motifs is 2. The highest BCUT2D eigenvalue weighted by Crippen LogP contribution is 2.29. The van der Waals surface area contributed by atoms with Gasteiger partial charge in [-0.3, -0.25) is 4.79 Å². The van der Waals surface area contributed by atoms with Crippen LogP contribution in [-0.4, -0.2) is 20.4 Å². The highest BCUT2D eigenvalue weighted by molar-refractivity contribution is 7.89. The van der Waals surface area contributed by atoms with Crippen molar-refractivity contribution < 1.29 is 26.8 Å². The van der Waals surface area contributed by atoms with Gasteiger partial charge in [0.25, 0.3) is 0 Å². The summed E-state index contributed by atoms with van der Waals surface area (Å²) in [5.74, 6) is -2.22. The van der Waals surface area contributed by atoms with E-state index in [1.54, 1.807) is 13.8 Å². The number of hydrogen-bond acceptors (Lipinski definition) is 6. The van der Waals surface area contributed by atoms with E-state index < -0.39 is 44.3 Å². The Hall–Kier alpha value is -3.04. The Morgan fingerprint density at radius 2 is 1.85 bits per heavy atom. The molecule has 9 heteroatoms. The van der Waals surface area contributed by atoms with Gasteiger partial charge in [-0.15, -0.1) is 0 Å². The SMILES string of the molecule is CC(C)C(NS(=O)(=O)c1ccccc1F)C(=O)OCc1cc(=O)oc2cc3c(cc12)CCC3. The summed E-state index contributed by atoms with van der Waals surface area (Å²) in [4.78, 5) is 24.3. The van der Waals surface area contributed by atoms with Crippen molar-refractivity contribution in [2.24, 2.45) is 5.92 Å². The second-order valence-electron chi connectivity index (χ2n) is 8.44. The minimum Gasteiger partial charge on any atom is -0.460 e. The van der Waals surface area contributed by atoms with E-state index in [0.29, 0.717) is 16.5 Å². The fraction of sp³-hybridized carbons (Fsp3) is 0.333. The van der Waals surface area contributed by atoms with E-state index >= 15 is 0 Å². The van der Waals surface area contributed by atoms with Crippen LogP contribution in [0, 0.1) is 11.7 Å². The van der Waals surface area contributed by atoms with E-state index in [1.807, 2.05) is 12.1 Å². The molecule has 33 heavy (non-hydrogen) atoms. The third kappa shape index (κ3) is 4.84. The molecule has 0 fully saturated rings. The molecule has 4 rings (SSSR count). The van der Waals surface area contributed by atoms with Gasteiger partial charge >= 0.3 is 11.6 Å². The van der Waals surface area contributed by atoms with Gasteiger partial charge in [0.2, 0.25) is 10.0 Å². The van der Waals surface area contributed by atoms with Gasteiger partial charge in [-0.2, -0.15) is 4.72 Å². The lowest BCUT2D eigenvalue weighted by Gasteiger charge is -2.21. The van der Waals surface area contributed by atoms with Crippen LogP contribution in [0.5, 0.6) is 0 Å². The summed E-state index contributed by atoms with van der Waals surface area (Å²) in [6.07, 6.45) is 2.88. The Kier molecular flexibility index (Phi) is 6.36. The minimum absolute atomic E-state index is 0.232. The molecule has 1 unspecified atom stereocenters. The molecule has 3 aromatic rings. The van der Waals surface area contributed by atoms with E-state index in [2.05, 4.69) is 4.72 Å². The van der Waals surface area contributed by atoms with Gasteiger partial charge in [0.05, 0.1) is 0 Å². The van der Waals surface area contributed by atoms with Crippen molar-refractivity contribution in [2.75, 3.05) is 0 Å². The van der Waals surface area contributed by atoms with Crippen LogP contribution in [0.25, 0.3) is 11.0 Å². The lowest BCUT2D eigenvalue weighted by Crippen LogP contribution is -2.45. The van der Waals surface area contributed by atoms with Crippen molar-refractivity contribution >= 4 is 27.0 Å². The van der Waals surface area contributed by atoms with Crippen LogP contribution in [-0.2, 0) is 39.0 Å². The topological polar surface area (TPSA) is 103 Å². The molecule has 1 aliphatic carbocycles. The van der Waals surface area contributed by atoms with Gasteiger partial charge in [0.1, 0.15) is 28.9 Å². The van der Waals surface area contributed by atoms with Crippen LogP contribution in [0.3, 0.4) is 0 Å². The Bertz CT molecular complexity index is 1380. The average Bonchev–Trinajstić information content (AvgIpc) is 3.21. The van der Waals surface area contributed by atoms with E-state index in [4.69, 9.17) is 9.15 Å². The monoisotopic (exact) mass is 473 g/mol. The molecule has 1 aliphatic rings. The van der Waals surface area contributed by atoms with Crippen LogP contribution < -0.4 is 10.3 Å². The molecule has 1 heterocycles. The fourth-order valence-electron chi connectivity index (χ4n) is 4.00. The summed E-state index contributed by atoms with van der Waals surface area (Å²) in [6.45, 7) is 3.06. The van der Waals surface area contributed by atoms with E-state index in [9.17, 15) is 22.4 Å². The zero-order chi connectivity index (χ0) is 23.8. The number of aryl methyl sites for hydroxylation is 2. The second kappa shape index (κ2) is 9.07. The molecule has 7 nitrogen and oxygen atoms in total. The quantitative estimate of drug-likeness (QED) is 0.416. The zero-order valence-electron chi connectivity index (χ0n) is 18.3. The van der Waals surface area contributed by atoms with Crippen molar-refractivity contribution in [3.05, 3.63) is 75.4 Å². The number of hydrogen-bond donors (Lipinski definition) is 1. The highest BCUT2D eigenvalue weighted by atomic mass is 32.2. The summed E-state index contributed by atoms with van der Waals surface area (Å²) in [5.41, 5.74) is 2.65. The summed E-state index contributed by atoms with van der Waals surface area (Å²) in [7, 11) is -4.30. The summed E-state index contributed by atoms with van der Waals surface area (Å²) in [5, 5.41) is 0.677. The third-order valence-corrected chi connectivity index (χ3v) is 7.22. The maximum atomic E-state index is 14.0. The lowest BCUT2D eigenvalue weighted by atomic mass is 10.0. The predicted octanol–water partition coefficient (Wildman–Crippen LogP) is 3.47. The number of carbonyl (C=O) groups is 1. The predicted molar refractivity (Wildman–Crippen MR) is 120 cm³/mol. The van der Waals surface area contributed by atoms with Crippen LogP contribution in [0.1, 0.15) is 37.0 Å². The van der Waals surface area contributed by atoms with Crippen molar-refractivity contribution in [1.29, 1.82) is 0 Å². The second-order valence-corrected chi connectivity index (χ2v) is 10.1. The van der Waals surface area contributed by atoms with Gasteiger partial charge in [-0.25, -0.2) is 17.6 Å². The number of ether oxygens (including phenoxy) is 1. The molecule has 1 aromatic heterocycles. The smallest absolute Gasteiger partial charge is 0.336 e. The number of sulfonamides is 1. The van der Waals surface area contributed by atoms with Crippen LogP contribution in [0.15, 0.2) is 56.6 Å². The largest absolute Gasteiger partial charge is 0.460 e. The van der Waals surface area contributed by atoms with Crippen LogP contribution >= 0.6 is 0 Å². The first-order chi connectivity index (χ1) is 15.7. The lowest BCUT2D eigenvalue weighted by molar-refractivity contribution is -0.148. The Morgan fingerprint density at radius 3 is 2.55 bits per heavy atom. The van der Waals surface area contributed by atoms with E-state index in [0.717, 1.165) is 37.0 Å². The maximum absolute atomic E-state index is 14.0. The summed E-state index contributed by atoms with van der Waals surface area (Å²) in [6, 6.07) is 8.74. The average molecular weight is 474 g/mol. The minimum atomic E-state index is -4.30. The maximum Gasteiger partial charge on any atom is 0.336 e. The molecular formula is C24H24FNO6S. The molecule has 0 radical (unpaired) electrons. The molecular weight excluding hydrogens is 449 g/mol. The van der Waals surface area contributed by atoms with Gasteiger partial charge in [-0.1, -0.05) is 26.0 Å². The van der Waals surface area contributed by atoms with Gasteiger partial charge < -0.3 is 9.15 Å². The number of carbonyl (C=O) groups excluding carboxylic acids is 1. The molecule has 2 aromatic carbocycles. The Morgan fingerprint density at radius 1 is 1.15 bits per heavy atom. The number of halogens is 1. The van der Waals surface area contributed by atoms with Crippen molar-refractivity contribution in [3.8, 4) is 0 Å². The molecule has 0 bridgehead atoms. The molecule has 1 N–H and O–H groups in total. The fourth-order valence-corrected chi connectivity index (χ4v) is 5.41. The number of rotatable bonds is 7. The zero-order valence-corrected chi connectivity index (χ0v) is 19.1. The van der Waals surface area contributed by atoms with Crippen LogP contribution in [0.4, 0.5) is 4.39 Å². The first-order valence-corrected chi connectivity index (χ1v) is 12.2. The van der Waals surface area contributed by atoms with Crippen molar-refractivity contribution in [1.82, 2.24) is 4.72 Å². The number of esters is 1. The van der Waals surface area contributed by atoms with Crippen LogP contribution in [0.2, 0.25) is 0 Å². The van der Waals surface area contributed by atoms with Gasteiger partial charge in [0.15, 0.2) is 0 Å². The molecule has 0 amide bonds. The van der Waals surface area contributed by atoms with E-state index in [-0.39, 0.29) is 6.61 Å². The van der Waals surface area contributed by atoms with Crippen molar-refractivity contribution in [2.45, 2.75) is 50.7 Å². The highest BCUT2D eigenvalue weighted by Gasteiger charge is 2.31. The van der Waals surface area contributed by atoms with Crippen molar-refractivity contribution in [3.63, 3.8) is 0 Å². The molecule has 174 valence electrons. The number of benzene rings is 2. The molecule has 0 spiro atoms. The first kappa shape index (κ1) is 23.1. The Balaban J connectivity index is 1.56. The molecule has 0 saturated heterocycles. The van der Waals surface area contributed by atoms with E-state index in [1.165, 1.54) is 23.8 Å². The summed E-state index contributed by atoms with van der Waals surface area (Å²) < 4.78 is 52.3.